The zero-order valence-corrected chi connectivity index (χ0v) is 17.6. The molecule has 7 heteroatoms. The van der Waals surface area contributed by atoms with Gasteiger partial charge < -0.3 is 9.47 Å². The molecule has 0 aliphatic heterocycles. The molecular formula is C24H17ClN4O2. The number of halogens is 1. The molecule has 4 aromatic rings. The van der Waals surface area contributed by atoms with Gasteiger partial charge in [0, 0.05) is 17.2 Å². The molecule has 0 radical (unpaired) electrons. The van der Waals surface area contributed by atoms with Crippen LogP contribution in [0.1, 0.15) is 5.69 Å². The fourth-order valence-corrected chi connectivity index (χ4v) is 3.57. The van der Waals surface area contributed by atoms with Crippen molar-refractivity contribution in [3.05, 3.63) is 77.6 Å². The molecule has 31 heavy (non-hydrogen) atoms. The van der Waals surface area contributed by atoms with Crippen molar-refractivity contribution in [1.29, 1.82) is 5.26 Å². The van der Waals surface area contributed by atoms with Gasteiger partial charge in [0.15, 0.2) is 5.69 Å². The van der Waals surface area contributed by atoms with Crippen LogP contribution < -0.4 is 9.47 Å². The molecule has 152 valence electrons. The lowest BCUT2D eigenvalue weighted by molar-refractivity contribution is 0.413. The first-order valence-corrected chi connectivity index (χ1v) is 9.74. The van der Waals surface area contributed by atoms with Gasteiger partial charge in [-0.05, 0) is 17.7 Å². The van der Waals surface area contributed by atoms with Gasteiger partial charge in [0.1, 0.15) is 23.3 Å². The minimum atomic E-state index is 0.122. The Balaban J connectivity index is 2.11. The maximum atomic E-state index is 9.83. The summed E-state index contributed by atoms with van der Waals surface area (Å²) >= 11 is 6.56. The lowest BCUT2D eigenvalue weighted by Crippen LogP contribution is -2.03. The quantitative estimate of drug-likeness (QED) is 0.422. The number of ether oxygens (including phenoxy) is 2. The van der Waals surface area contributed by atoms with Gasteiger partial charge in [-0.2, -0.15) is 5.26 Å². The van der Waals surface area contributed by atoms with Crippen LogP contribution in [-0.4, -0.2) is 29.4 Å². The fraction of sp³-hybridized carbons (Fsp3) is 0.0833. The van der Waals surface area contributed by atoms with Crippen LogP contribution in [0.25, 0.3) is 33.6 Å². The second-order valence-corrected chi connectivity index (χ2v) is 6.97. The summed E-state index contributed by atoms with van der Waals surface area (Å²) < 4.78 is 10.6. The molecule has 0 aliphatic carbocycles. The summed E-state index contributed by atoms with van der Waals surface area (Å²) in [6, 6.07) is 21.0. The van der Waals surface area contributed by atoms with Crippen molar-refractivity contribution in [2.24, 2.45) is 0 Å². The molecular weight excluding hydrogens is 412 g/mol. The fourth-order valence-electron chi connectivity index (χ4n) is 3.32. The zero-order chi connectivity index (χ0) is 21.8. The number of benzene rings is 2. The zero-order valence-electron chi connectivity index (χ0n) is 16.8. The topological polar surface area (TPSA) is 80.9 Å². The van der Waals surface area contributed by atoms with Crippen LogP contribution in [0.3, 0.4) is 0 Å². The van der Waals surface area contributed by atoms with E-state index in [1.807, 2.05) is 54.6 Å². The molecule has 0 bridgehead atoms. The maximum Gasteiger partial charge on any atom is 0.173 e. The summed E-state index contributed by atoms with van der Waals surface area (Å²) in [6.45, 7) is 0. The molecule has 0 atom stereocenters. The monoisotopic (exact) mass is 428 g/mol. The maximum absolute atomic E-state index is 9.83. The number of rotatable bonds is 5. The number of aromatic nitrogens is 3. The van der Waals surface area contributed by atoms with Gasteiger partial charge in [-0.3, -0.25) is 4.98 Å². The van der Waals surface area contributed by atoms with Crippen LogP contribution in [0, 0.1) is 11.3 Å². The Morgan fingerprint density at radius 2 is 1.55 bits per heavy atom. The Morgan fingerprint density at radius 3 is 2.23 bits per heavy atom. The second kappa shape index (κ2) is 8.82. The van der Waals surface area contributed by atoms with E-state index in [9.17, 15) is 5.26 Å². The van der Waals surface area contributed by atoms with Crippen molar-refractivity contribution < 1.29 is 9.47 Å². The molecule has 0 N–H and O–H groups in total. The van der Waals surface area contributed by atoms with Crippen molar-refractivity contribution in [2.75, 3.05) is 14.2 Å². The van der Waals surface area contributed by atoms with E-state index in [1.165, 1.54) is 7.11 Å². The normalized spacial score (nSPS) is 10.4. The predicted molar refractivity (Wildman–Crippen MR) is 119 cm³/mol. The Labute approximate surface area is 184 Å². The van der Waals surface area contributed by atoms with Crippen LogP contribution >= 0.6 is 11.6 Å². The third kappa shape index (κ3) is 3.91. The van der Waals surface area contributed by atoms with E-state index in [1.54, 1.807) is 19.4 Å². The van der Waals surface area contributed by atoms with Crippen molar-refractivity contribution in [3.63, 3.8) is 0 Å². The Bertz CT molecular complexity index is 1290. The van der Waals surface area contributed by atoms with Gasteiger partial charge in [0.05, 0.1) is 36.7 Å². The van der Waals surface area contributed by atoms with E-state index in [0.717, 1.165) is 11.1 Å². The number of nitrogens with zero attached hydrogens (tertiary/aromatic N) is 4. The summed E-state index contributed by atoms with van der Waals surface area (Å²) in [6.07, 6.45) is 1.56. The minimum Gasteiger partial charge on any atom is -0.497 e. The van der Waals surface area contributed by atoms with Gasteiger partial charge >= 0.3 is 0 Å². The second-order valence-electron chi connectivity index (χ2n) is 6.56. The number of nitriles is 1. The highest BCUT2D eigenvalue weighted by Gasteiger charge is 2.24. The largest absolute Gasteiger partial charge is 0.497 e. The highest BCUT2D eigenvalue weighted by Crippen LogP contribution is 2.42. The molecule has 0 aliphatic rings. The minimum absolute atomic E-state index is 0.122. The van der Waals surface area contributed by atoms with Crippen molar-refractivity contribution in [2.45, 2.75) is 0 Å². The summed E-state index contributed by atoms with van der Waals surface area (Å²) in [5, 5.41) is 18.8. The van der Waals surface area contributed by atoms with E-state index in [2.05, 4.69) is 21.3 Å². The smallest absolute Gasteiger partial charge is 0.173 e. The first-order chi connectivity index (χ1) is 15.2. The van der Waals surface area contributed by atoms with Gasteiger partial charge in [-0.1, -0.05) is 54.1 Å². The van der Waals surface area contributed by atoms with Crippen LogP contribution in [-0.2, 0) is 0 Å². The summed E-state index contributed by atoms with van der Waals surface area (Å²) in [5.41, 5.74) is 3.99. The highest BCUT2D eigenvalue weighted by atomic mass is 35.5. The van der Waals surface area contributed by atoms with Crippen molar-refractivity contribution in [3.8, 4) is 51.2 Å². The molecule has 0 spiro atoms. The molecule has 0 saturated carbocycles. The number of hydrogen-bond acceptors (Lipinski definition) is 6. The molecule has 0 saturated heterocycles. The van der Waals surface area contributed by atoms with Crippen LogP contribution in [0.15, 0.2) is 66.9 Å². The SMILES string of the molecule is COc1cccc(-c2c(-c3ccccc3)nnc(C#N)c2-c2ncc(OC)cc2Cl)c1. The average molecular weight is 429 g/mol. The van der Waals surface area contributed by atoms with Gasteiger partial charge in [-0.25, -0.2) is 0 Å². The molecule has 0 unspecified atom stereocenters. The molecule has 2 aromatic carbocycles. The Kier molecular flexibility index (Phi) is 5.78. The van der Waals surface area contributed by atoms with E-state index >= 15 is 0 Å². The number of pyridine rings is 1. The Morgan fingerprint density at radius 1 is 0.806 bits per heavy atom. The first-order valence-electron chi connectivity index (χ1n) is 9.36. The van der Waals surface area contributed by atoms with Gasteiger partial charge in [0.25, 0.3) is 0 Å². The molecule has 2 aromatic heterocycles. The predicted octanol–water partition coefficient (Wildman–Crippen LogP) is 5.41. The molecule has 0 fully saturated rings. The van der Waals surface area contributed by atoms with Crippen LogP contribution in [0.5, 0.6) is 11.5 Å². The first kappa shape index (κ1) is 20.3. The lowest BCUT2D eigenvalue weighted by atomic mass is 9.92. The Hall–Kier alpha value is -3.95. The lowest BCUT2D eigenvalue weighted by Gasteiger charge is -2.16. The summed E-state index contributed by atoms with van der Waals surface area (Å²) in [7, 11) is 3.14. The van der Waals surface area contributed by atoms with E-state index in [4.69, 9.17) is 21.1 Å². The molecule has 4 rings (SSSR count). The summed E-state index contributed by atoms with van der Waals surface area (Å²) in [4.78, 5) is 4.48. The van der Waals surface area contributed by atoms with E-state index < -0.39 is 0 Å². The summed E-state index contributed by atoms with van der Waals surface area (Å²) in [5.74, 6) is 1.19. The van der Waals surface area contributed by atoms with E-state index in [-0.39, 0.29) is 5.69 Å². The van der Waals surface area contributed by atoms with Crippen LogP contribution in [0.4, 0.5) is 0 Å². The van der Waals surface area contributed by atoms with Crippen molar-refractivity contribution in [1.82, 2.24) is 15.2 Å². The average Bonchev–Trinajstić information content (AvgIpc) is 2.83. The number of hydrogen-bond donors (Lipinski definition) is 0. The molecule has 0 amide bonds. The molecule has 2 heterocycles. The third-order valence-electron chi connectivity index (χ3n) is 4.77. The van der Waals surface area contributed by atoms with Gasteiger partial charge in [-0.15, -0.1) is 10.2 Å². The highest BCUT2D eigenvalue weighted by molar-refractivity contribution is 6.33. The third-order valence-corrected chi connectivity index (χ3v) is 5.06. The number of methoxy groups -OCH3 is 2. The van der Waals surface area contributed by atoms with Crippen LogP contribution in [0.2, 0.25) is 5.02 Å². The van der Waals surface area contributed by atoms with Gasteiger partial charge in [0.2, 0.25) is 0 Å². The molecule has 6 nitrogen and oxygen atoms in total. The van der Waals surface area contributed by atoms with E-state index in [0.29, 0.717) is 39.0 Å². The standard InChI is InChI=1S/C24H17ClN4O2/c1-30-17-10-6-9-16(11-17)21-22(24-19(25)12-18(31-2)14-27-24)20(13-26)28-29-23(21)15-7-4-3-5-8-15/h3-12,14H,1-2H3. The van der Waals surface area contributed by atoms with Crippen molar-refractivity contribution >= 4 is 11.6 Å².